The zero-order valence-electron chi connectivity index (χ0n) is 17.9. The smallest absolute Gasteiger partial charge is 0.193 e. The molecule has 0 atom stereocenters. The van der Waals surface area contributed by atoms with Crippen LogP contribution in [-0.2, 0) is 23.4 Å². The van der Waals surface area contributed by atoms with Gasteiger partial charge in [-0.25, -0.2) is 8.42 Å². The second-order valence-electron chi connectivity index (χ2n) is 7.89. The maximum atomic E-state index is 12.3. The maximum Gasteiger partial charge on any atom is 0.193 e. The number of halogens is 1. The lowest BCUT2D eigenvalue weighted by atomic mass is 10.1. The van der Waals surface area contributed by atoms with Gasteiger partial charge in [-0.3, -0.25) is 9.67 Å². The van der Waals surface area contributed by atoms with Crippen molar-refractivity contribution in [1.82, 2.24) is 20.0 Å². The standard InChI is InChI=1S/C18H35N5O2S.HI/c1-9-19-17(20-10-11-26(24,25)18(4,5)6)22(7)12-15-13-23(8)21-16(15)14(2)3;/h13-14H,9-12H2,1-8H3,(H,19,20);1H. The first-order valence-corrected chi connectivity index (χ1v) is 10.8. The second kappa shape index (κ2) is 10.6. The van der Waals surface area contributed by atoms with E-state index >= 15 is 0 Å². The molecule has 0 fully saturated rings. The van der Waals surface area contributed by atoms with Crippen LogP contribution in [0.25, 0.3) is 0 Å². The van der Waals surface area contributed by atoms with E-state index in [1.807, 2.05) is 36.8 Å². The number of hydrogen-bond donors (Lipinski definition) is 1. The molecule has 0 saturated carbocycles. The molecule has 158 valence electrons. The van der Waals surface area contributed by atoms with Gasteiger partial charge in [0.1, 0.15) is 0 Å². The third-order valence-corrected chi connectivity index (χ3v) is 6.73. The first-order chi connectivity index (χ1) is 11.9. The Morgan fingerprint density at radius 2 is 1.96 bits per heavy atom. The van der Waals surface area contributed by atoms with Gasteiger partial charge in [-0.15, -0.1) is 24.0 Å². The topological polar surface area (TPSA) is 79.6 Å². The van der Waals surface area contributed by atoms with Gasteiger partial charge in [-0.2, -0.15) is 5.10 Å². The minimum Gasteiger partial charge on any atom is -0.357 e. The van der Waals surface area contributed by atoms with Gasteiger partial charge >= 0.3 is 0 Å². The van der Waals surface area contributed by atoms with E-state index in [-0.39, 0.29) is 36.3 Å². The molecule has 0 aliphatic carbocycles. The van der Waals surface area contributed by atoms with Crippen LogP contribution >= 0.6 is 24.0 Å². The van der Waals surface area contributed by atoms with E-state index < -0.39 is 14.6 Å². The summed E-state index contributed by atoms with van der Waals surface area (Å²) in [6.07, 6.45) is 2.03. The summed E-state index contributed by atoms with van der Waals surface area (Å²) in [6.45, 7) is 13.1. The van der Waals surface area contributed by atoms with Crippen LogP contribution in [0.15, 0.2) is 11.2 Å². The van der Waals surface area contributed by atoms with Crippen molar-refractivity contribution in [3.63, 3.8) is 0 Å². The fourth-order valence-corrected chi connectivity index (χ4v) is 3.48. The van der Waals surface area contributed by atoms with Crippen LogP contribution in [0.2, 0.25) is 0 Å². The first kappa shape index (κ1) is 26.2. The normalized spacial score (nSPS) is 12.9. The van der Waals surface area contributed by atoms with Crippen molar-refractivity contribution in [2.24, 2.45) is 12.0 Å². The summed E-state index contributed by atoms with van der Waals surface area (Å²) in [6, 6.07) is 0. The Bertz CT molecular complexity index is 721. The monoisotopic (exact) mass is 513 g/mol. The molecule has 1 aromatic rings. The summed E-state index contributed by atoms with van der Waals surface area (Å²) in [5.41, 5.74) is 2.23. The van der Waals surface area contributed by atoms with E-state index in [9.17, 15) is 8.42 Å². The van der Waals surface area contributed by atoms with E-state index in [4.69, 9.17) is 0 Å². The molecule has 9 heteroatoms. The molecule has 0 amide bonds. The zero-order valence-corrected chi connectivity index (χ0v) is 21.1. The highest BCUT2D eigenvalue weighted by molar-refractivity contribution is 14.0. The van der Waals surface area contributed by atoms with Gasteiger partial charge in [0, 0.05) is 38.9 Å². The summed E-state index contributed by atoms with van der Waals surface area (Å²) in [7, 11) is 0.704. The number of hydrogen-bond acceptors (Lipinski definition) is 4. The van der Waals surface area contributed by atoms with Gasteiger partial charge < -0.3 is 10.2 Å². The maximum absolute atomic E-state index is 12.3. The van der Waals surface area contributed by atoms with E-state index in [0.717, 1.165) is 17.8 Å². The van der Waals surface area contributed by atoms with Gasteiger partial charge in [0.05, 0.1) is 22.7 Å². The average molecular weight is 513 g/mol. The van der Waals surface area contributed by atoms with E-state index in [2.05, 4.69) is 29.3 Å². The van der Waals surface area contributed by atoms with E-state index in [1.54, 1.807) is 20.8 Å². The Labute approximate surface area is 181 Å². The fourth-order valence-electron chi connectivity index (χ4n) is 2.54. The Morgan fingerprint density at radius 3 is 2.44 bits per heavy atom. The quantitative estimate of drug-likeness (QED) is 0.345. The summed E-state index contributed by atoms with van der Waals surface area (Å²) < 4.78 is 25.6. The lowest BCUT2D eigenvalue weighted by molar-refractivity contribution is 0.474. The molecule has 0 bridgehead atoms. The molecule has 0 aliphatic rings. The van der Waals surface area contributed by atoms with Crippen molar-refractivity contribution in [2.75, 3.05) is 25.9 Å². The lowest BCUT2D eigenvalue weighted by Gasteiger charge is -2.23. The molecular weight excluding hydrogens is 477 g/mol. The molecule has 7 nitrogen and oxygen atoms in total. The second-order valence-corrected chi connectivity index (χ2v) is 10.8. The molecule has 0 aliphatic heterocycles. The van der Waals surface area contributed by atoms with Crippen LogP contribution in [0.5, 0.6) is 0 Å². The van der Waals surface area contributed by atoms with Crippen molar-refractivity contribution < 1.29 is 8.42 Å². The van der Waals surface area contributed by atoms with Crippen LogP contribution in [-0.4, -0.2) is 59.7 Å². The Kier molecular flexibility index (Phi) is 10.3. The highest BCUT2D eigenvalue weighted by Crippen LogP contribution is 2.19. The van der Waals surface area contributed by atoms with Crippen molar-refractivity contribution in [3.8, 4) is 0 Å². The molecule has 0 spiro atoms. The molecule has 0 unspecified atom stereocenters. The molecular formula is C18H36IN5O2S. The van der Waals surface area contributed by atoms with Crippen LogP contribution in [0.3, 0.4) is 0 Å². The summed E-state index contributed by atoms with van der Waals surface area (Å²) in [5.74, 6) is 1.09. The number of nitrogens with one attached hydrogen (secondary N) is 1. The highest BCUT2D eigenvalue weighted by atomic mass is 127. The highest BCUT2D eigenvalue weighted by Gasteiger charge is 2.28. The Balaban J connectivity index is 0.00000676. The average Bonchev–Trinajstić information content (AvgIpc) is 2.85. The van der Waals surface area contributed by atoms with Crippen molar-refractivity contribution in [2.45, 2.75) is 58.8 Å². The zero-order chi connectivity index (χ0) is 20.1. The number of rotatable bonds is 7. The predicted molar refractivity (Wildman–Crippen MR) is 124 cm³/mol. The van der Waals surface area contributed by atoms with Gasteiger partial charge in [-0.1, -0.05) is 13.8 Å². The van der Waals surface area contributed by atoms with E-state index in [0.29, 0.717) is 18.4 Å². The van der Waals surface area contributed by atoms with Gasteiger partial charge in [0.25, 0.3) is 0 Å². The molecule has 0 radical (unpaired) electrons. The molecule has 1 N–H and O–H groups in total. The summed E-state index contributed by atoms with van der Waals surface area (Å²) >= 11 is 0. The molecule has 27 heavy (non-hydrogen) atoms. The van der Waals surface area contributed by atoms with Gasteiger partial charge in [-0.05, 0) is 33.6 Å². The van der Waals surface area contributed by atoms with Crippen LogP contribution in [0, 0.1) is 0 Å². The van der Waals surface area contributed by atoms with E-state index in [1.165, 1.54) is 0 Å². The van der Waals surface area contributed by atoms with Gasteiger partial charge in [0.2, 0.25) is 0 Å². The molecule has 1 rings (SSSR count). The minimum atomic E-state index is -3.17. The summed E-state index contributed by atoms with van der Waals surface area (Å²) in [4.78, 5) is 6.52. The van der Waals surface area contributed by atoms with Crippen molar-refractivity contribution >= 4 is 39.8 Å². The van der Waals surface area contributed by atoms with Gasteiger partial charge in [0.15, 0.2) is 15.8 Å². The molecule has 0 aromatic carbocycles. The minimum absolute atomic E-state index is 0. The molecule has 1 heterocycles. The summed E-state index contributed by atoms with van der Waals surface area (Å²) in [5, 5.41) is 7.78. The Hall–Kier alpha value is -0.840. The number of sulfone groups is 1. The fraction of sp³-hybridized carbons (Fsp3) is 0.778. The third-order valence-electron chi connectivity index (χ3n) is 4.14. The van der Waals surface area contributed by atoms with Crippen LogP contribution in [0.1, 0.15) is 58.7 Å². The largest absolute Gasteiger partial charge is 0.357 e. The molecule has 0 saturated heterocycles. The third kappa shape index (κ3) is 7.59. The van der Waals surface area contributed by atoms with Crippen LogP contribution < -0.4 is 5.32 Å². The number of aliphatic imine (C=N–C) groups is 1. The van der Waals surface area contributed by atoms with Crippen LogP contribution in [0.4, 0.5) is 0 Å². The number of aromatic nitrogens is 2. The number of nitrogens with zero attached hydrogens (tertiary/aromatic N) is 4. The number of guanidine groups is 1. The van der Waals surface area contributed by atoms with Crippen molar-refractivity contribution in [3.05, 3.63) is 17.5 Å². The molecule has 1 aromatic heterocycles. The Morgan fingerprint density at radius 1 is 1.37 bits per heavy atom. The predicted octanol–water partition coefficient (Wildman–Crippen LogP) is 2.77. The lowest BCUT2D eigenvalue weighted by Crippen LogP contribution is -2.39. The SMILES string of the molecule is CCNC(=NCCS(=O)(=O)C(C)(C)C)N(C)Cc1cn(C)nc1C(C)C.I. The van der Waals surface area contributed by atoms with Crippen molar-refractivity contribution in [1.29, 1.82) is 0 Å². The number of aryl methyl sites for hydroxylation is 1. The first-order valence-electron chi connectivity index (χ1n) is 9.13.